The zero-order valence-corrected chi connectivity index (χ0v) is 16.0. The molecule has 0 spiro atoms. The molecule has 1 aromatic heterocycles. The molecule has 0 radical (unpaired) electrons. The fraction of sp³-hybridized carbons (Fsp3) is 0.273. The van der Waals surface area contributed by atoms with Crippen molar-refractivity contribution in [3.63, 3.8) is 0 Å². The number of aromatic nitrogens is 1. The van der Waals surface area contributed by atoms with Crippen LogP contribution >= 0.6 is 0 Å². The van der Waals surface area contributed by atoms with Crippen LogP contribution in [0.2, 0.25) is 0 Å². The second-order valence-corrected chi connectivity index (χ2v) is 7.43. The molecule has 0 bridgehead atoms. The summed E-state index contributed by atoms with van der Waals surface area (Å²) >= 11 is 0. The van der Waals surface area contributed by atoms with E-state index in [1.54, 1.807) is 6.20 Å². The van der Waals surface area contributed by atoms with Gasteiger partial charge in [-0.25, -0.2) is 4.79 Å². The standard InChI is InChI=1S/C22H25N3O2/c1-22(2,3)27-21(26)25-14-17-7-4-6-16(12-17)13-24-20-9-5-8-18-15-23-11-10-19(18)20/h4-12,15,24H,13-14H2,1-3H3,(H,25,26). The van der Waals surface area contributed by atoms with Gasteiger partial charge in [-0.1, -0.05) is 36.4 Å². The van der Waals surface area contributed by atoms with Crippen molar-refractivity contribution >= 4 is 22.6 Å². The minimum Gasteiger partial charge on any atom is -0.444 e. The summed E-state index contributed by atoms with van der Waals surface area (Å²) in [6, 6.07) is 16.3. The third kappa shape index (κ3) is 5.45. The molecule has 1 heterocycles. The number of nitrogens with one attached hydrogen (secondary N) is 2. The van der Waals surface area contributed by atoms with Crippen molar-refractivity contribution in [2.75, 3.05) is 5.32 Å². The van der Waals surface area contributed by atoms with Crippen LogP contribution in [0.3, 0.4) is 0 Å². The first kappa shape index (κ1) is 18.7. The lowest BCUT2D eigenvalue weighted by atomic mass is 10.1. The van der Waals surface area contributed by atoms with E-state index < -0.39 is 11.7 Å². The number of amides is 1. The Morgan fingerprint density at radius 1 is 1.04 bits per heavy atom. The summed E-state index contributed by atoms with van der Waals surface area (Å²) in [6.07, 6.45) is 3.26. The Kier molecular flexibility index (Phi) is 5.60. The van der Waals surface area contributed by atoms with Gasteiger partial charge in [-0.05, 0) is 44.0 Å². The van der Waals surface area contributed by atoms with Crippen molar-refractivity contribution in [2.45, 2.75) is 39.5 Å². The summed E-state index contributed by atoms with van der Waals surface area (Å²) < 4.78 is 5.27. The van der Waals surface area contributed by atoms with E-state index in [0.29, 0.717) is 13.1 Å². The van der Waals surface area contributed by atoms with Crippen molar-refractivity contribution in [2.24, 2.45) is 0 Å². The molecule has 0 fully saturated rings. The molecule has 27 heavy (non-hydrogen) atoms. The molecule has 140 valence electrons. The Morgan fingerprint density at radius 2 is 1.78 bits per heavy atom. The molecule has 3 rings (SSSR count). The van der Waals surface area contributed by atoms with E-state index >= 15 is 0 Å². The second kappa shape index (κ2) is 8.08. The van der Waals surface area contributed by atoms with Crippen molar-refractivity contribution in [1.82, 2.24) is 10.3 Å². The molecule has 1 amide bonds. The summed E-state index contributed by atoms with van der Waals surface area (Å²) in [7, 11) is 0. The van der Waals surface area contributed by atoms with Crippen LogP contribution in [0.25, 0.3) is 10.8 Å². The van der Waals surface area contributed by atoms with E-state index in [1.807, 2.05) is 51.2 Å². The van der Waals surface area contributed by atoms with E-state index in [9.17, 15) is 4.79 Å². The fourth-order valence-electron chi connectivity index (χ4n) is 2.81. The molecule has 2 aromatic carbocycles. The van der Waals surface area contributed by atoms with Crippen LogP contribution in [0.1, 0.15) is 31.9 Å². The Labute approximate surface area is 159 Å². The summed E-state index contributed by atoms with van der Waals surface area (Å²) in [6.45, 7) is 6.68. The number of nitrogens with zero attached hydrogens (tertiary/aromatic N) is 1. The highest BCUT2D eigenvalue weighted by Gasteiger charge is 2.15. The lowest BCUT2D eigenvalue weighted by Crippen LogP contribution is -2.32. The van der Waals surface area contributed by atoms with Crippen molar-refractivity contribution < 1.29 is 9.53 Å². The molecule has 5 heteroatoms. The van der Waals surface area contributed by atoms with Crippen molar-refractivity contribution in [3.8, 4) is 0 Å². The second-order valence-electron chi connectivity index (χ2n) is 7.43. The zero-order valence-electron chi connectivity index (χ0n) is 16.0. The maximum atomic E-state index is 11.8. The molecule has 0 aliphatic rings. The highest BCUT2D eigenvalue weighted by molar-refractivity contribution is 5.93. The number of rotatable bonds is 5. The van der Waals surface area contributed by atoms with Gasteiger partial charge >= 0.3 is 6.09 Å². The number of hydrogen-bond donors (Lipinski definition) is 2. The zero-order chi connectivity index (χ0) is 19.3. The van der Waals surface area contributed by atoms with Gasteiger partial charge in [0, 0.05) is 41.9 Å². The van der Waals surface area contributed by atoms with Crippen LogP contribution in [0.15, 0.2) is 60.9 Å². The number of fused-ring (bicyclic) bond motifs is 1. The number of benzene rings is 2. The number of carbonyl (C=O) groups excluding carboxylic acids is 1. The quantitative estimate of drug-likeness (QED) is 0.679. The largest absolute Gasteiger partial charge is 0.444 e. The maximum Gasteiger partial charge on any atom is 0.407 e. The van der Waals surface area contributed by atoms with E-state index in [1.165, 1.54) is 0 Å². The van der Waals surface area contributed by atoms with E-state index in [-0.39, 0.29) is 0 Å². The van der Waals surface area contributed by atoms with Gasteiger partial charge in [-0.3, -0.25) is 4.98 Å². The molecule has 0 aliphatic carbocycles. The molecule has 0 aliphatic heterocycles. The Hall–Kier alpha value is -3.08. The minimum atomic E-state index is -0.496. The van der Waals surface area contributed by atoms with Gasteiger partial charge in [0.05, 0.1) is 0 Å². The molecular weight excluding hydrogens is 338 g/mol. The first-order valence-corrected chi connectivity index (χ1v) is 9.02. The minimum absolute atomic E-state index is 0.407. The fourth-order valence-corrected chi connectivity index (χ4v) is 2.81. The number of ether oxygens (including phenoxy) is 1. The lowest BCUT2D eigenvalue weighted by Gasteiger charge is -2.19. The SMILES string of the molecule is CC(C)(C)OC(=O)NCc1cccc(CNc2cccc3cnccc23)c1. The molecule has 3 aromatic rings. The third-order valence-corrected chi connectivity index (χ3v) is 3.99. The topological polar surface area (TPSA) is 63.2 Å². The smallest absolute Gasteiger partial charge is 0.407 e. The third-order valence-electron chi connectivity index (χ3n) is 3.99. The normalized spacial score (nSPS) is 11.2. The highest BCUT2D eigenvalue weighted by Crippen LogP contribution is 2.22. The average molecular weight is 363 g/mol. The molecule has 2 N–H and O–H groups in total. The van der Waals surface area contributed by atoms with Gasteiger partial charge < -0.3 is 15.4 Å². The van der Waals surface area contributed by atoms with Gasteiger partial charge in [-0.2, -0.15) is 0 Å². The van der Waals surface area contributed by atoms with Crippen LogP contribution in [0, 0.1) is 0 Å². The number of anilines is 1. The van der Waals surface area contributed by atoms with Crippen molar-refractivity contribution in [1.29, 1.82) is 0 Å². The Bertz CT molecular complexity index is 927. The predicted octanol–water partition coefficient (Wildman–Crippen LogP) is 4.87. The van der Waals surface area contributed by atoms with Crippen LogP contribution in [-0.4, -0.2) is 16.7 Å². The van der Waals surface area contributed by atoms with Gasteiger partial charge in [0.1, 0.15) is 5.60 Å². The number of alkyl carbamates (subject to hydrolysis) is 1. The molecular formula is C22H25N3O2. The molecule has 0 unspecified atom stereocenters. The maximum absolute atomic E-state index is 11.8. The summed E-state index contributed by atoms with van der Waals surface area (Å²) in [5, 5.41) is 8.54. The summed E-state index contributed by atoms with van der Waals surface area (Å²) in [4.78, 5) is 16.0. The molecule has 0 saturated carbocycles. The number of carbonyl (C=O) groups is 1. The summed E-state index contributed by atoms with van der Waals surface area (Å²) in [5.41, 5.74) is 2.75. The first-order valence-electron chi connectivity index (χ1n) is 9.02. The average Bonchev–Trinajstić information content (AvgIpc) is 2.64. The van der Waals surface area contributed by atoms with Crippen molar-refractivity contribution in [3.05, 3.63) is 72.1 Å². The van der Waals surface area contributed by atoms with Gasteiger partial charge in [0.15, 0.2) is 0 Å². The van der Waals surface area contributed by atoms with Gasteiger partial charge in [-0.15, -0.1) is 0 Å². The van der Waals surface area contributed by atoms with E-state index in [2.05, 4.69) is 39.9 Å². The summed E-state index contributed by atoms with van der Waals surface area (Å²) in [5.74, 6) is 0. The lowest BCUT2D eigenvalue weighted by molar-refractivity contribution is 0.0523. The molecule has 5 nitrogen and oxygen atoms in total. The first-order chi connectivity index (χ1) is 12.9. The Morgan fingerprint density at radius 3 is 2.56 bits per heavy atom. The monoisotopic (exact) mass is 363 g/mol. The molecule has 0 saturated heterocycles. The van der Waals surface area contributed by atoms with E-state index in [4.69, 9.17) is 4.74 Å². The molecule has 0 atom stereocenters. The van der Waals surface area contributed by atoms with Crippen LogP contribution in [0.5, 0.6) is 0 Å². The highest BCUT2D eigenvalue weighted by atomic mass is 16.6. The van der Waals surface area contributed by atoms with E-state index in [0.717, 1.165) is 27.6 Å². The number of pyridine rings is 1. The van der Waals surface area contributed by atoms with Gasteiger partial charge in [0.25, 0.3) is 0 Å². The van der Waals surface area contributed by atoms with Gasteiger partial charge in [0.2, 0.25) is 0 Å². The Balaban J connectivity index is 1.61. The predicted molar refractivity (Wildman–Crippen MR) is 109 cm³/mol. The van der Waals surface area contributed by atoms with Crippen LogP contribution < -0.4 is 10.6 Å². The number of hydrogen-bond acceptors (Lipinski definition) is 4. The van der Waals surface area contributed by atoms with Crippen LogP contribution in [0.4, 0.5) is 10.5 Å². The van der Waals surface area contributed by atoms with Crippen LogP contribution in [-0.2, 0) is 17.8 Å².